The lowest BCUT2D eigenvalue weighted by Gasteiger charge is -2.17. The monoisotopic (exact) mass is 264 g/mol. The Morgan fingerprint density at radius 1 is 1.42 bits per heavy atom. The molecule has 0 aliphatic heterocycles. The molecular weight excluding hydrogens is 252 g/mol. The predicted molar refractivity (Wildman–Crippen MR) is 65.1 cm³/mol. The Bertz CT molecular complexity index is 597. The quantitative estimate of drug-likeness (QED) is 0.661. The first kappa shape index (κ1) is 13.1. The van der Waals surface area contributed by atoms with Gasteiger partial charge in [0, 0.05) is 6.20 Å². The Hall–Kier alpha value is -2.32. The topological polar surface area (TPSA) is 120 Å². The summed E-state index contributed by atoms with van der Waals surface area (Å²) in [7, 11) is 0. The van der Waals surface area contributed by atoms with Crippen LogP contribution in [0.4, 0.5) is 5.82 Å². The molecule has 8 nitrogen and oxygen atoms in total. The van der Waals surface area contributed by atoms with Crippen LogP contribution >= 0.6 is 0 Å². The van der Waals surface area contributed by atoms with Crippen LogP contribution in [0.5, 0.6) is 0 Å². The lowest BCUT2D eigenvalue weighted by Crippen LogP contribution is -2.25. The first-order valence-electron chi connectivity index (χ1n) is 5.45. The van der Waals surface area contributed by atoms with Crippen LogP contribution in [-0.4, -0.2) is 44.9 Å². The number of ether oxygens (including phenoxy) is 1. The second kappa shape index (κ2) is 5.55. The number of fused-ring (bicyclic) bond motifs is 1. The van der Waals surface area contributed by atoms with Gasteiger partial charge in [0.1, 0.15) is 11.6 Å². The van der Waals surface area contributed by atoms with Gasteiger partial charge in [-0.3, -0.25) is 9.36 Å². The standard InChI is InChI=1S/C11H12N4O4/c12-11-10-8(1-2-13-11)15(6-14-10)9(5-18)19-7(3-16)4-17/h1-3,5-7,9,17H,4H2,(H2,12,13). The van der Waals surface area contributed by atoms with E-state index in [2.05, 4.69) is 9.97 Å². The number of aldehydes is 2. The first-order chi connectivity index (χ1) is 9.21. The Morgan fingerprint density at radius 2 is 2.21 bits per heavy atom. The van der Waals surface area contributed by atoms with Gasteiger partial charge < -0.3 is 20.4 Å². The zero-order valence-electron chi connectivity index (χ0n) is 9.84. The van der Waals surface area contributed by atoms with Crippen LogP contribution in [0.1, 0.15) is 6.23 Å². The SMILES string of the molecule is Nc1nccc2c1ncn2C(C=O)OC(C=O)CO. The minimum atomic E-state index is -1.08. The molecule has 0 amide bonds. The molecule has 8 heteroatoms. The molecule has 0 saturated carbocycles. The minimum Gasteiger partial charge on any atom is -0.393 e. The van der Waals surface area contributed by atoms with Crippen molar-refractivity contribution in [1.29, 1.82) is 0 Å². The van der Waals surface area contributed by atoms with Crippen molar-refractivity contribution in [2.24, 2.45) is 0 Å². The molecule has 2 unspecified atom stereocenters. The van der Waals surface area contributed by atoms with E-state index in [1.54, 1.807) is 6.07 Å². The highest BCUT2D eigenvalue weighted by Crippen LogP contribution is 2.21. The molecule has 0 aliphatic carbocycles. The van der Waals surface area contributed by atoms with E-state index in [0.717, 1.165) is 0 Å². The molecule has 2 atom stereocenters. The Labute approximate surface area is 107 Å². The van der Waals surface area contributed by atoms with Gasteiger partial charge in [0.05, 0.1) is 18.5 Å². The molecule has 2 aromatic heterocycles. The van der Waals surface area contributed by atoms with Crippen LogP contribution < -0.4 is 5.73 Å². The van der Waals surface area contributed by atoms with Crippen molar-refractivity contribution < 1.29 is 19.4 Å². The molecule has 0 radical (unpaired) electrons. The number of anilines is 1. The van der Waals surface area contributed by atoms with Crippen molar-refractivity contribution in [2.75, 3.05) is 12.3 Å². The molecular formula is C11H12N4O4. The molecule has 0 aromatic carbocycles. The Balaban J connectivity index is 2.38. The number of nitrogens with two attached hydrogens (primary N) is 1. The van der Waals surface area contributed by atoms with Gasteiger partial charge in [0.15, 0.2) is 24.6 Å². The van der Waals surface area contributed by atoms with E-state index in [0.29, 0.717) is 23.6 Å². The highest BCUT2D eigenvalue weighted by atomic mass is 16.5. The summed E-state index contributed by atoms with van der Waals surface area (Å²) in [5.74, 6) is 0.231. The van der Waals surface area contributed by atoms with Gasteiger partial charge in [0.2, 0.25) is 0 Å². The number of aliphatic hydroxyl groups is 1. The van der Waals surface area contributed by atoms with Crippen LogP contribution in [0.2, 0.25) is 0 Å². The summed E-state index contributed by atoms with van der Waals surface area (Å²) in [6.07, 6.45) is 1.61. The second-order valence-electron chi connectivity index (χ2n) is 3.74. The van der Waals surface area contributed by atoms with Crippen LogP contribution in [0.25, 0.3) is 11.0 Å². The lowest BCUT2D eigenvalue weighted by molar-refractivity contribution is -0.139. The molecule has 0 aliphatic rings. The number of rotatable bonds is 6. The van der Waals surface area contributed by atoms with Gasteiger partial charge in [-0.15, -0.1) is 0 Å². The average molecular weight is 264 g/mol. The molecule has 3 N–H and O–H groups in total. The van der Waals surface area contributed by atoms with Crippen molar-refractivity contribution in [3.63, 3.8) is 0 Å². The van der Waals surface area contributed by atoms with Crippen LogP contribution in [0, 0.1) is 0 Å². The van der Waals surface area contributed by atoms with Crippen LogP contribution in [0.15, 0.2) is 18.6 Å². The number of nitrogens with zero attached hydrogens (tertiary/aromatic N) is 3. The highest BCUT2D eigenvalue weighted by Gasteiger charge is 2.19. The maximum atomic E-state index is 11.1. The molecule has 0 spiro atoms. The molecule has 100 valence electrons. The number of hydrogen-bond acceptors (Lipinski definition) is 7. The number of carbonyl (C=O) groups is 2. The normalized spacial score (nSPS) is 14.2. The van der Waals surface area contributed by atoms with E-state index in [1.165, 1.54) is 17.1 Å². The van der Waals surface area contributed by atoms with Crippen molar-refractivity contribution in [2.45, 2.75) is 12.3 Å². The summed E-state index contributed by atoms with van der Waals surface area (Å²) in [5.41, 5.74) is 6.64. The molecule has 0 saturated heterocycles. The zero-order valence-corrected chi connectivity index (χ0v) is 9.84. The summed E-state index contributed by atoms with van der Waals surface area (Å²) in [6, 6.07) is 1.62. The van der Waals surface area contributed by atoms with E-state index in [9.17, 15) is 9.59 Å². The highest BCUT2D eigenvalue weighted by molar-refractivity contribution is 5.85. The Kier molecular flexibility index (Phi) is 3.83. The fourth-order valence-corrected chi connectivity index (χ4v) is 1.65. The molecule has 2 heterocycles. The van der Waals surface area contributed by atoms with Crippen molar-refractivity contribution in [1.82, 2.24) is 14.5 Å². The fourth-order valence-electron chi connectivity index (χ4n) is 1.65. The lowest BCUT2D eigenvalue weighted by atomic mass is 10.3. The maximum Gasteiger partial charge on any atom is 0.192 e. The zero-order chi connectivity index (χ0) is 13.8. The largest absolute Gasteiger partial charge is 0.393 e. The van der Waals surface area contributed by atoms with Gasteiger partial charge >= 0.3 is 0 Å². The number of nitrogen functional groups attached to an aromatic ring is 1. The molecule has 0 bridgehead atoms. The van der Waals surface area contributed by atoms with Crippen LogP contribution in [0.3, 0.4) is 0 Å². The number of pyridine rings is 1. The number of aliphatic hydroxyl groups excluding tert-OH is 1. The maximum absolute atomic E-state index is 11.1. The van der Waals surface area contributed by atoms with E-state index >= 15 is 0 Å². The van der Waals surface area contributed by atoms with Crippen molar-refractivity contribution in [3.8, 4) is 0 Å². The van der Waals surface area contributed by atoms with E-state index in [-0.39, 0.29) is 5.82 Å². The summed E-state index contributed by atoms with van der Waals surface area (Å²) >= 11 is 0. The third-order valence-electron chi connectivity index (χ3n) is 2.56. The summed E-state index contributed by atoms with van der Waals surface area (Å²) in [6.45, 7) is -0.510. The van der Waals surface area contributed by atoms with Gasteiger partial charge in [-0.2, -0.15) is 0 Å². The number of carbonyl (C=O) groups excluding carboxylic acids is 2. The second-order valence-corrected chi connectivity index (χ2v) is 3.74. The van der Waals surface area contributed by atoms with E-state index in [1.807, 2.05) is 0 Å². The number of hydrogen-bond donors (Lipinski definition) is 2. The fraction of sp³-hybridized carbons (Fsp3) is 0.273. The first-order valence-corrected chi connectivity index (χ1v) is 5.45. The van der Waals surface area contributed by atoms with Gasteiger partial charge in [-0.05, 0) is 6.07 Å². The smallest absolute Gasteiger partial charge is 0.192 e. The van der Waals surface area contributed by atoms with Gasteiger partial charge in [-0.1, -0.05) is 0 Å². The van der Waals surface area contributed by atoms with Crippen molar-refractivity contribution >= 4 is 29.4 Å². The van der Waals surface area contributed by atoms with E-state index < -0.39 is 18.9 Å². The average Bonchev–Trinajstić information content (AvgIpc) is 2.86. The summed E-state index contributed by atoms with van der Waals surface area (Å²) in [4.78, 5) is 29.6. The van der Waals surface area contributed by atoms with Gasteiger partial charge in [0.25, 0.3) is 0 Å². The van der Waals surface area contributed by atoms with Crippen molar-refractivity contribution in [3.05, 3.63) is 18.6 Å². The number of aromatic nitrogens is 3. The third-order valence-corrected chi connectivity index (χ3v) is 2.56. The molecule has 2 aromatic rings. The molecule has 19 heavy (non-hydrogen) atoms. The molecule has 2 rings (SSSR count). The Morgan fingerprint density at radius 3 is 2.84 bits per heavy atom. The third kappa shape index (κ3) is 2.44. The van der Waals surface area contributed by atoms with Crippen LogP contribution in [-0.2, 0) is 14.3 Å². The summed E-state index contributed by atoms with van der Waals surface area (Å²) < 4.78 is 6.58. The van der Waals surface area contributed by atoms with Gasteiger partial charge in [-0.25, -0.2) is 9.97 Å². The number of imidazole rings is 1. The predicted octanol–water partition coefficient (Wildman–Crippen LogP) is -0.713. The molecule has 0 fully saturated rings. The van der Waals surface area contributed by atoms with E-state index in [4.69, 9.17) is 15.6 Å². The summed E-state index contributed by atoms with van der Waals surface area (Å²) in [5, 5.41) is 8.90. The minimum absolute atomic E-state index is 0.231.